The maximum Gasteiger partial charge on any atom is 0.308 e. The summed E-state index contributed by atoms with van der Waals surface area (Å²) in [5, 5.41) is 9.13. The second-order valence-corrected chi connectivity index (χ2v) is 4.73. The molecule has 1 aromatic heterocycles. The number of ether oxygens (including phenoxy) is 1. The van der Waals surface area contributed by atoms with Gasteiger partial charge in [-0.15, -0.1) is 0 Å². The molecule has 104 valence electrons. The second-order valence-electron chi connectivity index (χ2n) is 4.73. The highest BCUT2D eigenvalue weighted by atomic mass is 16.5. The van der Waals surface area contributed by atoms with Crippen LogP contribution in [-0.4, -0.2) is 40.2 Å². The first-order valence-corrected chi connectivity index (χ1v) is 6.57. The Balaban J connectivity index is 2.12. The molecule has 0 radical (unpaired) electrons. The molecule has 2 rings (SSSR count). The molecule has 19 heavy (non-hydrogen) atoms. The zero-order chi connectivity index (χ0) is 13.8. The summed E-state index contributed by atoms with van der Waals surface area (Å²) >= 11 is 0. The number of nitrogens with zero attached hydrogens (tertiary/aromatic N) is 3. The van der Waals surface area contributed by atoms with Crippen LogP contribution in [0.5, 0.6) is 5.88 Å². The molecule has 0 spiro atoms. The van der Waals surface area contributed by atoms with Crippen molar-refractivity contribution in [3.8, 4) is 5.88 Å². The molecule has 0 amide bonds. The fraction of sp³-hybridized carbons (Fsp3) is 0.615. The quantitative estimate of drug-likeness (QED) is 0.870. The Kier molecular flexibility index (Phi) is 4.19. The highest BCUT2D eigenvalue weighted by Crippen LogP contribution is 2.29. The van der Waals surface area contributed by atoms with Gasteiger partial charge in [-0.25, -0.2) is 9.97 Å². The SMILES string of the molecule is CCCOc1cc(N2CCC(C(=O)O)C2C)ncn1. The van der Waals surface area contributed by atoms with Gasteiger partial charge in [-0.3, -0.25) is 4.79 Å². The minimum Gasteiger partial charge on any atom is -0.481 e. The number of aromatic nitrogens is 2. The second kappa shape index (κ2) is 5.86. The number of rotatable bonds is 5. The van der Waals surface area contributed by atoms with E-state index in [0.717, 1.165) is 12.2 Å². The molecule has 6 nitrogen and oxygen atoms in total. The Hall–Kier alpha value is -1.85. The van der Waals surface area contributed by atoms with Gasteiger partial charge in [0.1, 0.15) is 12.1 Å². The van der Waals surface area contributed by atoms with Crippen LogP contribution in [0.15, 0.2) is 12.4 Å². The number of aliphatic carboxylic acids is 1. The van der Waals surface area contributed by atoms with Crippen molar-refractivity contribution in [2.24, 2.45) is 5.92 Å². The Bertz CT molecular complexity index is 453. The Morgan fingerprint density at radius 3 is 3.00 bits per heavy atom. The predicted octanol–water partition coefficient (Wildman–Crippen LogP) is 1.56. The van der Waals surface area contributed by atoms with E-state index in [-0.39, 0.29) is 12.0 Å². The van der Waals surface area contributed by atoms with Crippen molar-refractivity contribution < 1.29 is 14.6 Å². The normalized spacial score (nSPS) is 22.5. The Morgan fingerprint density at radius 2 is 2.37 bits per heavy atom. The van der Waals surface area contributed by atoms with Crippen molar-refractivity contribution in [1.82, 2.24) is 9.97 Å². The Morgan fingerprint density at radius 1 is 1.58 bits per heavy atom. The highest BCUT2D eigenvalue weighted by molar-refractivity contribution is 5.72. The van der Waals surface area contributed by atoms with E-state index < -0.39 is 5.97 Å². The lowest BCUT2D eigenvalue weighted by Gasteiger charge is -2.24. The minimum absolute atomic E-state index is 0.0635. The van der Waals surface area contributed by atoms with Gasteiger partial charge in [-0.2, -0.15) is 0 Å². The number of carboxylic acids is 1. The third-order valence-corrected chi connectivity index (χ3v) is 3.45. The van der Waals surface area contributed by atoms with Gasteiger partial charge in [0.05, 0.1) is 12.5 Å². The first kappa shape index (κ1) is 13.6. The van der Waals surface area contributed by atoms with E-state index in [2.05, 4.69) is 9.97 Å². The van der Waals surface area contributed by atoms with Crippen LogP contribution in [-0.2, 0) is 4.79 Å². The number of hydrogen-bond donors (Lipinski definition) is 1. The summed E-state index contributed by atoms with van der Waals surface area (Å²) in [6.45, 7) is 5.26. The van der Waals surface area contributed by atoms with Gasteiger partial charge < -0.3 is 14.7 Å². The van der Waals surface area contributed by atoms with E-state index in [0.29, 0.717) is 25.5 Å². The molecule has 1 fully saturated rings. The minimum atomic E-state index is -0.744. The summed E-state index contributed by atoms with van der Waals surface area (Å²) in [5.41, 5.74) is 0. The van der Waals surface area contributed by atoms with Crippen molar-refractivity contribution in [2.75, 3.05) is 18.1 Å². The monoisotopic (exact) mass is 265 g/mol. The highest BCUT2D eigenvalue weighted by Gasteiger charge is 2.36. The Labute approximate surface area is 112 Å². The van der Waals surface area contributed by atoms with Crippen LogP contribution in [0, 0.1) is 5.92 Å². The van der Waals surface area contributed by atoms with Crippen molar-refractivity contribution in [3.63, 3.8) is 0 Å². The average Bonchev–Trinajstić information content (AvgIpc) is 2.78. The molecule has 1 aliphatic rings. The van der Waals surface area contributed by atoms with Crippen molar-refractivity contribution in [2.45, 2.75) is 32.7 Å². The molecule has 0 bridgehead atoms. The van der Waals surface area contributed by atoms with Gasteiger partial charge in [0.2, 0.25) is 5.88 Å². The summed E-state index contributed by atoms with van der Waals surface area (Å²) in [6, 6.07) is 1.71. The molecule has 0 aromatic carbocycles. The molecule has 6 heteroatoms. The summed E-state index contributed by atoms with van der Waals surface area (Å²) in [4.78, 5) is 21.4. The van der Waals surface area contributed by atoms with Gasteiger partial charge in [0.25, 0.3) is 0 Å². The van der Waals surface area contributed by atoms with Crippen molar-refractivity contribution >= 4 is 11.8 Å². The summed E-state index contributed by atoms with van der Waals surface area (Å²) in [7, 11) is 0. The average molecular weight is 265 g/mol. The van der Waals surface area contributed by atoms with Crippen LogP contribution < -0.4 is 9.64 Å². The number of carboxylic acid groups (broad SMARTS) is 1. The molecular weight excluding hydrogens is 246 g/mol. The molecule has 1 aliphatic heterocycles. The van der Waals surface area contributed by atoms with E-state index in [4.69, 9.17) is 9.84 Å². The zero-order valence-corrected chi connectivity index (χ0v) is 11.2. The molecule has 1 N–H and O–H groups in total. The smallest absolute Gasteiger partial charge is 0.308 e. The number of hydrogen-bond acceptors (Lipinski definition) is 5. The van der Waals surface area contributed by atoms with Gasteiger partial charge in [-0.05, 0) is 19.8 Å². The van der Waals surface area contributed by atoms with Crippen molar-refractivity contribution in [1.29, 1.82) is 0 Å². The molecule has 1 saturated heterocycles. The van der Waals surface area contributed by atoms with Gasteiger partial charge in [0, 0.05) is 18.7 Å². The molecule has 2 atom stereocenters. The topological polar surface area (TPSA) is 75.5 Å². The summed E-state index contributed by atoms with van der Waals surface area (Å²) in [6.07, 6.45) is 3.02. The van der Waals surface area contributed by atoms with Crippen LogP contribution in [0.25, 0.3) is 0 Å². The molecule has 0 aliphatic carbocycles. The lowest BCUT2D eigenvalue weighted by atomic mass is 10.0. The van der Waals surface area contributed by atoms with Crippen LogP contribution in [0.1, 0.15) is 26.7 Å². The van der Waals surface area contributed by atoms with Crippen LogP contribution >= 0.6 is 0 Å². The van der Waals surface area contributed by atoms with Crippen LogP contribution in [0.4, 0.5) is 5.82 Å². The van der Waals surface area contributed by atoms with E-state index in [1.165, 1.54) is 6.33 Å². The van der Waals surface area contributed by atoms with Crippen LogP contribution in [0.2, 0.25) is 0 Å². The number of anilines is 1. The van der Waals surface area contributed by atoms with Crippen molar-refractivity contribution in [3.05, 3.63) is 12.4 Å². The summed E-state index contributed by atoms with van der Waals surface area (Å²) < 4.78 is 5.47. The molecule has 1 aromatic rings. The van der Waals surface area contributed by atoms with E-state index in [9.17, 15) is 4.79 Å². The first-order chi connectivity index (χ1) is 9.13. The van der Waals surface area contributed by atoms with E-state index in [1.807, 2.05) is 18.7 Å². The fourth-order valence-corrected chi connectivity index (χ4v) is 2.37. The lowest BCUT2D eigenvalue weighted by Crippen LogP contribution is -2.33. The van der Waals surface area contributed by atoms with E-state index in [1.54, 1.807) is 6.07 Å². The van der Waals surface area contributed by atoms with Gasteiger partial charge in [-0.1, -0.05) is 6.92 Å². The third-order valence-electron chi connectivity index (χ3n) is 3.45. The standard InChI is InChI=1S/C13H19N3O3/c1-3-6-19-12-7-11(14-8-15-12)16-5-4-10(9(16)2)13(17)18/h7-10H,3-6H2,1-2H3,(H,17,18). The lowest BCUT2D eigenvalue weighted by molar-refractivity contribution is -0.141. The van der Waals surface area contributed by atoms with Crippen LogP contribution in [0.3, 0.4) is 0 Å². The zero-order valence-electron chi connectivity index (χ0n) is 11.2. The summed E-state index contributed by atoms with van der Waals surface area (Å²) in [5.74, 6) is 0.191. The largest absolute Gasteiger partial charge is 0.481 e. The van der Waals surface area contributed by atoms with Gasteiger partial charge >= 0.3 is 5.97 Å². The predicted molar refractivity (Wildman–Crippen MR) is 70.4 cm³/mol. The maximum atomic E-state index is 11.1. The van der Waals surface area contributed by atoms with Gasteiger partial charge in [0.15, 0.2) is 0 Å². The molecule has 2 unspecified atom stereocenters. The molecule has 0 saturated carbocycles. The molecular formula is C13H19N3O3. The number of carbonyl (C=O) groups is 1. The molecule has 2 heterocycles. The first-order valence-electron chi connectivity index (χ1n) is 6.57. The fourth-order valence-electron chi connectivity index (χ4n) is 2.37. The maximum absolute atomic E-state index is 11.1. The van der Waals surface area contributed by atoms with E-state index >= 15 is 0 Å². The third kappa shape index (κ3) is 2.94.